The van der Waals surface area contributed by atoms with E-state index in [1.165, 1.54) is 0 Å². The first-order valence-electron chi connectivity index (χ1n) is 17.2. The third-order valence-corrected chi connectivity index (χ3v) is 13.4. The van der Waals surface area contributed by atoms with Gasteiger partial charge in [0.2, 0.25) is 0 Å². The monoisotopic (exact) mass is 670 g/mol. The maximum absolute atomic E-state index is 15.9. The van der Waals surface area contributed by atoms with Crippen LogP contribution >= 0.6 is 7.14 Å². The van der Waals surface area contributed by atoms with Crippen LogP contribution in [0.3, 0.4) is 0 Å². The zero-order valence-electron chi connectivity index (χ0n) is 27.6. The van der Waals surface area contributed by atoms with Gasteiger partial charge in [-0.3, -0.25) is 0 Å². The van der Waals surface area contributed by atoms with Crippen LogP contribution in [0, 0.1) is 0 Å². The Morgan fingerprint density at radius 3 is 1.73 bits per heavy atom. The maximum atomic E-state index is 15.9. The van der Waals surface area contributed by atoms with Crippen molar-refractivity contribution < 1.29 is 4.57 Å². The quantitative estimate of drug-likeness (QED) is 0.171. The highest BCUT2D eigenvalue weighted by atomic mass is 31.2. The Morgan fingerprint density at radius 2 is 1.04 bits per heavy atom. The van der Waals surface area contributed by atoms with Gasteiger partial charge in [0.25, 0.3) is 0 Å². The predicted molar refractivity (Wildman–Crippen MR) is 213 cm³/mol. The van der Waals surface area contributed by atoms with E-state index in [0.717, 1.165) is 88.2 Å². The van der Waals surface area contributed by atoms with Crippen molar-refractivity contribution in [1.82, 2.24) is 9.55 Å². The lowest BCUT2D eigenvalue weighted by molar-refractivity contribution is 0.593. The minimum absolute atomic E-state index is 0.858. The summed E-state index contributed by atoms with van der Waals surface area (Å²) in [7, 11) is -3.21. The van der Waals surface area contributed by atoms with Gasteiger partial charge in [0.05, 0.1) is 27.7 Å². The zero-order chi connectivity index (χ0) is 33.9. The lowest BCUT2D eigenvalue weighted by atomic mass is 10.00. The van der Waals surface area contributed by atoms with Crippen LogP contribution in [0.2, 0.25) is 0 Å². The van der Waals surface area contributed by atoms with Crippen molar-refractivity contribution in [2.75, 3.05) is 0 Å². The summed E-state index contributed by atoms with van der Waals surface area (Å²) in [6.07, 6.45) is 0. The summed E-state index contributed by atoms with van der Waals surface area (Å²) in [6.45, 7) is 0. The van der Waals surface area contributed by atoms with Crippen LogP contribution in [-0.4, -0.2) is 9.55 Å². The molecule has 0 fully saturated rings. The van der Waals surface area contributed by atoms with E-state index >= 15 is 4.57 Å². The molecule has 10 rings (SSSR count). The molecule has 51 heavy (non-hydrogen) atoms. The number of hydrogen-bond donors (Lipinski definition) is 0. The van der Waals surface area contributed by atoms with Crippen molar-refractivity contribution in [3.63, 3.8) is 0 Å². The molecule has 3 heterocycles. The number of aromatic nitrogens is 2. The molecule has 0 spiro atoms. The average molecular weight is 671 g/mol. The molecule has 4 heteroatoms. The Kier molecular flexibility index (Phi) is 6.77. The number of rotatable bonds is 5. The van der Waals surface area contributed by atoms with Crippen molar-refractivity contribution in [3.8, 4) is 50.5 Å². The topological polar surface area (TPSA) is 34.9 Å². The molecule has 2 aromatic heterocycles. The summed E-state index contributed by atoms with van der Waals surface area (Å²) < 4.78 is 18.2. The second kappa shape index (κ2) is 11.7. The summed E-state index contributed by atoms with van der Waals surface area (Å²) in [5.41, 5.74) is 11.4. The van der Waals surface area contributed by atoms with Gasteiger partial charge in [0, 0.05) is 38.2 Å². The van der Waals surface area contributed by atoms with Crippen LogP contribution < -0.4 is 15.9 Å². The molecule has 0 saturated heterocycles. The highest BCUT2D eigenvalue weighted by molar-refractivity contribution is 7.86. The molecule has 0 radical (unpaired) electrons. The van der Waals surface area contributed by atoms with E-state index in [1.54, 1.807) is 0 Å². The molecule has 9 aromatic rings. The highest BCUT2D eigenvalue weighted by Crippen LogP contribution is 2.54. The van der Waals surface area contributed by atoms with E-state index in [-0.39, 0.29) is 0 Å². The van der Waals surface area contributed by atoms with Gasteiger partial charge in [0.15, 0.2) is 7.14 Å². The molecule has 0 bridgehead atoms. The summed E-state index contributed by atoms with van der Waals surface area (Å²) in [6, 6.07) is 65.0. The van der Waals surface area contributed by atoms with E-state index in [4.69, 9.17) is 4.98 Å². The normalized spacial score (nSPS) is 14.8. The molecule has 240 valence electrons. The minimum Gasteiger partial charge on any atom is -0.309 e. The van der Waals surface area contributed by atoms with E-state index in [9.17, 15) is 0 Å². The fraction of sp³-hybridized carbons (Fsp3) is 0. The van der Waals surface area contributed by atoms with Crippen molar-refractivity contribution in [2.45, 2.75) is 0 Å². The Labute approximate surface area is 296 Å². The smallest absolute Gasteiger partial charge is 0.174 e. The Morgan fingerprint density at radius 1 is 0.451 bits per heavy atom. The van der Waals surface area contributed by atoms with E-state index < -0.39 is 7.14 Å². The second-order valence-corrected chi connectivity index (χ2v) is 15.7. The van der Waals surface area contributed by atoms with Crippen molar-refractivity contribution in [1.29, 1.82) is 0 Å². The van der Waals surface area contributed by atoms with Crippen LogP contribution in [0.5, 0.6) is 0 Å². The summed E-state index contributed by atoms with van der Waals surface area (Å²) in [5, 5.41) is 4.93. The van der Waals surface area contributed by atoms with Gasteiger partial charge in [-0.05, 0) is 52.6 Å². The largest absolute Gasteiger partial charge is 0.309 e. The summed E-state index contributed by atoms with van der Waals surface area (Å²) in [4.78, 5) is 5.08. The summed E-state index contributed by atoms with van der Waals surface area (Å²) in [5.74, 6) is 0. The van der Waals surface area contributed by atoms with Crippen molar-refractivity contribution in [2.24, 2.45) is 0 Å². The van der Waals surface area contributed by atoms with E-state index in [1.807, 2.05) is 54.6 Å². The number of fused-ring (bicyclic) bond motifs is 7. The molecule has 0 N–H and O–H groups in total. The van der Waals surface area contributed by atoms with Gasteiger partial charge in [-0.1, -0.05) is 158 Å². The minimum atomic E-state index is -3.21. The molecule has 0 amide bonds. The van der Waals surface area contributed by atoms with E-state index in [2.05, 4.69) is 138 Å². The Balaban J connectivity index is 1.19. The molecule has 1 atom stereocenters. The van der Waals surface area contributed by atoms with Gasteiger partial charge in [0.1, 0.15) is 0 Å². The lowest BCUT2D eigenvalue weighted by Gasteiger charge is -2.19. The van der Waals surface area contributed by atoms with Gasteiger partial charge in [-0.2, -0.15) is 0 Å². The zero-order valence-corrected chi connectivity index (χ0v) is 28.5. The molecule has 1 unspecified atom stereocenters. The Hall–Kier alpha value is -6.28. The summed E-state index contributed by atoms with van der Waals surface area (Å²) >= 11 is 0. The third kappa shape index (κ3) is 4.59. The molecule has 0 aliphatic carbocycles. The fourth-order valence-electron chi connectivity index (χ4n) is 7.86. The molecule has 1 aliphatic rings. The van der Waals surface area contributed by atoms with Crippen LogP contribution in [0.25, 0.3) is 72.3 Å². The van der Waals surface area contributed by atoms with Crippen LogP contribution in [0.1, 0.15) is 0 Å². The van der Waals surface area contributed by atoms with Crippen LogP contribution in [-0.2, 0) is 4.57 Å². The number of benzene rings is 7. The van der Waals surface area contributed by atoms with Crippen LogP contribution in [0.4, 0.5) is 0 Å². The van der Waals surface area contributed by atoms with Gasteiger partial charge < -0.3 is 9.13 Å². The number of nitrogens with zero attached hydrogens (tertiary/aromatic N) is 2. The molecule has 1 aliphatic heterocycles. The SMILES string of the molecule is O=P1(c2ccccc2)c2ccccc2-c2ccc3c4ccccc4n(-c4ccc(-c5cc(-c6ccccc6)nc(-c6ccccc6)c5)cc4)c3c21. The standard InChI is InChI=1S/C47H31N2OP/c50-51(37-18-8-3-9-19-37)45-23-13-11-21-39(45)41-29-28-40-38-20-10-12-22-44(38)49(46(40)47(41)51)36-26-24-32(25-27-36)35-30-42(33-14-4-1-5-15-33)48-43(31-35)34-16-6-2-7-17-34/h1-31H. The molecular formula is C47H31N2OP. The molecule has 7 aromatic carbocycles. The number of pyridine rings is 1. The van der Waals surface area contributed by atoms with Crippen LogP contribution in [0.15, 0.2) is 188 Å². The van der Waals surface area contributed by atoms with Gasteiger partial charge in [-0.15, -0.1) is 0 Å². The highest BCUT2D eigenvalue weighted by Gasteiger charge is 2.42. The van der Waals surface area contributed by atoms with Gasteiger partial charge in [-0.25, -0.2) is 4.98 Å². The first kappa shape index (κ1) is 29.6. The number of para-hydroxylation sites is 1. The molecule has 0 saturated carbocycles. The number of hydrogen-bond acceptors (Lipinski definition) is 2. The lowest BCUT2D eigenvalue weighted by Crippen LogP contribution is -2.22. The fourth-order valence-corrected chi connectivity index (χ4v) is 11.1. The van der Waals surface area contributed by atoms with Crippen molar-refractivity contribution in [3.05, 3.63) is 188 Å². The van der Waals surface area contributed by atoms with Crippen molar-refractivity contribution >= 4 is 44.9 Å². The second-order valence-electron chi connectivity index (χ2n) is 13.1. The molecule has 3 nitrogen and oxygen atoms in total. The van der Waals surface area contributed by atoms with E-state index in [0.29, 0.717) is 0 Å². The predicted octanol–water partition coefficient (Wildman–Crippen LogP) is 10.8. The average Bonchev–Trinajstić information content (AvgIpc) is 3.69. The first-order valence-corrected chi connectivity index (χ1v) is 19.0. The maximum Gasteiger partial charge on any atom is 0.174 e. The third-order valence-electron chi connectivity index (χ3n) is 10.2. The van der Waals surface area contributed by atoms with Gasteiger partial charge >= 0.3 is 0 Å². The molecular weight excluding hydrogens is 640 g/mol. The Bertz CT molecular complexity index is 2750. The first-order chi connectivity index (χ1) is 25.2.